The number of allylic oxidation sites excluding steroid dienone is 1. The van der Waals surface area contributed by atoms with Crippen LogP contribution in [-0.4, -0.2) is 26.2 Å². The number of carbonyl (C=O) groups excluding carboxylic acids is 2. The Morgan fingerprint density at radius 3 is 2.45 bits per heavy atom. The maximum Gasteiger partial charge on any atom is 0.333 e. The van der Waals surface area contributed by atoms with Crippen molar-refractivity contribution in [3.63, 3.8) is 0 Å². The van der Waals surface area contributed by atoms with E-state index in [1.165, 1.54) is 0 Å². The van der Waals surface area contributed by atoms with E-state index in [1.54, 1.807) is 14.0 Å². The Kier molecular flexibility index (Phi) is 8.22. The summed E-state index contributed by atoms with van der Waals surface area (Å²) in [5.41, 5.74) is 4.26. The second-order valence-electron chi connectivity index (χ2n) is 6.66. The largest absolute Gasteiger partial charge is 0.497 e. The van der Waals surface area contributed by atoms with Gasteiger partial charge in [-0.15, -0.1) is 0 Å². The van der Waals surface area contributed by atoms with Crippen molar-refractivity contribution in [3.8, 4) is 11.5 Å². The Hall–Kier alpha value is -3.34. The maximum absolute atomic E-state index is 11.4. The molecule has 0 amide bonds. The van der Waals surface area contributed by atoms with E-state index in [0.29, 0.717) is 37.2 Å². The summed E-state index contributed by atoms with van der Waals surface area (Å²) in [4.78, 5) is 22.3. The maximum atomic E-state index is 11.4. The summed E-state index contributed by atoms with van der Waals surface area (Å²) in [7, 11) is 1.63. The van der Waals surface area contributed by atoms with Crippen molar-refractivity contribution >= 4 is 24.1 Å². The number of hydrogen-bond donors (Lipinski definition) is 0. The van der Waals surface area contributed by atoms with Crippen molar-refractivity contribution in [3.05, 3.63) is 71.3 Å². The number of methoxy groups -OCH3 is 1. The molecule has 29 heavy (non-hydrogen) atoms. The molecule has 0 bridgehead atoms. The van der Waals surface area contributed by atoms with Gasteiger partial charge in [0.15, 0.2) is 0 Å². The first-order chi connectivity index (χ1) is 13.9. The molecule has 0 unspecified atom stereocenters. The van der Waals surface area contributed by atoms with Crippen molar-refractivity contribution in [2.75, 3.05) is 13.7 Å². The number of carbonyl (C=O) groups is 2. The molecule has 0 aliphatic carbocycles. The summed E-state index contributed by atoms with van der Waals surface area (Å²) in [5.74, 6) is 0.901. The lowest BCUT2D eigenvalue weighted by molar-refractivity contribution is -0.139. The van der Waals surface area contributed by atoms with Gasteiger partial charge in [0.05, 0.1) is 13.7 Å². The van der Waals surface area contributed by atoms with Crippen LogP contribution >= 0.6 is 0 Å². The molecule has 2 aromatic rings. The van der Waals surface area contributed by atoms with Gasteiger partial charge < -0.3 is 14.2 Å². The third-order valence-electron chi connectivity index (χ3n) is 4.36. The number of benzene rings is 2. The molecule has 0 aliphatic rings. The molecule has 2 aromatic carbocycles. The fourth-order valence-corrected chi connectivity index (χ4v) is 2.74. The van der Waals surface area contributed by atoms with Crippen LogP contribution in [0.2, 0.25) is 0 Å². The lowest BCUT2D eigenvalue weighted by Gasteiger charge is -2.10. The van der Waals surface area contributed by atoms with Gasteiger partial charge in [-0.1, -0.05) is 30.8 Å². The van der Waals surface area contributed by atoms with Crippen LogP contribution < -0.4 is 9.47 Å². The topological polar surface area (TPSA) is 61.8 Å². The van der Waals surface area contributed by atoms with E-state index in [4.69, 9.17) is 14.2 Å². The number of ether oxygens (including phenoxy) is 3. The van der Waals surface area contributed by atoms with E-state index < -0.39 is 0 Å². The molecule has 0 N–H and O–H groups in total. The fourth-order valence-electron chi connectivity index (χ4n) is 2.74. The Bertz CT molecular complexity index is 894. The van der Waals surface area contributed by atoms with Gasteiger partial charge in [0.1, 0.15) is 11.5 Å². The smallest absolute Gasteiger partial charge is 0.333 e. The highest BCUT2D eigenvalue weighted by molar-refractivity contribution is 5.86. The average molecular weight is 394 g/mol. The quantitative estimate of drug-likeness (QED) is 0.190. The Morgan fingerprint density at radius 2 is 1.83 bits per heavy atom. The molecule has 152 valence electrons. The van der Waals surface area contributed by atoms with E-state index in [1.807, 2.05) is 55.5 Å². The van der Waals surface area contributed by atoms with Crippen molar-refractivity contribution in [2.45, 2.75) is 26.7 Å². The van der Waals surface area contributed by atoms with Crippen LogP contribution in [0.1, 0.15) is 37.0 Å². The van der Waals surface area contributed by atoms with E-state index in [2.05, 4.69) is 6.58 Å². The molecule has 5 heteroatoms. The predicted octanol–water partition coefficient (Wildman–Crippen LogP) is 4.84. The highest BCUT2D eigenvalue weighted by Crippen LogP contribution is 2.27. The summed E-state index contributed by atoms with van der Waals surface area (Å²) in [6, 6.07) is 13.5. The Balaban J connectivity index is 2.10. The zero-order valence-electron chi connectivity index (χ0n) is 17.1. The highest BCUT2D eigenvalue weighted by Gasteiger charge is 2.07. The van der Waals surface area contributed by atoms with Gasteiger partial charge in [-0.2, -0.15) is 0 Å². The third-order valence-corrected chi connectivity index (χ3v) is 4.36. The highest BCUT2D eigenvalue weighted by atomic mass is 16.5. The lowest BCUT2D eigenvalue weighted by Crippen LogP contribution is -2.06. The van der Waals surface area contributed by atoms with Crippen molar-refractivity contribution in [2.24, 2.45) is 0 Å². The summed E-state index contributed by atoms with van der Waals surface area (Å²) in [5, 5.41) is 0. The first-order valence-corrected chi connectivity index (χ1v) is 9.33. The Labute approximate surface area is 171 Å². The summed E-state index contributed by atoms with van der Waals surface area (Å²) >= 11 is 0. The molecule has 0 fully saturated rings. The van der Waals surface area contributed by atoms with Crippen LogP contribution in [0.3, 0.4) is 0 Å². The van der Waals surface area contributed by atoms with Crippen molar-refractivity contribution < 1.29 is 23.8 Å². The molecule has 0 radical (unpaired) electrons. The van der Waals surface area contributed by atoms with E-state index in [9.17, 15) is 9.59 Å². The minimum atomic E-state index is -0.385. The lowest BCUT2D eigenvalue weighted by atomic mass is 10.0. The van der Waals surface area contributed by atoms with E-state index in [0.717, 1.165) is 28.0 Å². The number of esters is 1. The second kappa shape index (κ2) is 10.9. The molecule has 0 aromatic heterocycles. The molecule has 2 rings (SSSR count). The molecule has 0 spiro atoms. The van der Waals surface area contributed by atoms with Crippen molar-refractivity contribution in [1.82, 2.24) is 0 Å². The Morgan fingerprint density at radius 1 is 1.10 bits per heavy atom. The monoisotopic (exact) mass is 394 g/mol. The van der Waals surface area contributed by atoms with Gasteiger partial charge in [0, 0.05) is 11.1 Å². The summed E-state index contributed by atoms with van der Waals surface area (Å²) in [6.07, 6.45) is 3.33. The SMILES string of the molecule is C=C(C)C(=O)OCCCc1ccc(/C=C(\C)c2ccc(OC)cc2)c(OC=O)c1. The van der Waals surface area contributed by atoms with Crippen LogP contribution in [0.15, 0.2) is 54.6 Å². The van der Waals surface area contributed by atoms with Crippen molar-refractivity contribution in [1.29, 1.82) is 0 Å². The van der Waals surface area contributed by atoms with Crippen LogP contribution in [-0.2, 0) is 20.7 Å². The second-order valence-corrected chi connectivity index (χ2v) is 6.66. The summed E-state index contributed by atoms with van der Waals surface area (Å²) in [6.45, 7) is 7.90. The van der Waals surface area contributed by atoms with Crippen LogP contribution in [0.25, 0.3) is 11.6 Å². The fraction of sp³-hybridized carbons (Fsp3) is 0.250. The van der Waals surface area contributed by atoms with Crippen LogP contribution in [0.5, 0.6) is 11.5 Å². The molecule has 0 saturated heterocycles. The average Bonchev–Trinajstić information content (AvgIpc) is 2.72. The first kappa shape index (κ1) is 22.0. The van der Waals surface area contributed by atoms with Gasteiger partial charge in [-0.05, 0) is 67.7 Å². The molecule has 0 saturated carbocycles. The van der Waals surface area contributed by atoms with E-state index >= 15 is 0 Å². The molecule has 0 atom stereocenters. The molecule has 5 nitrogen and oxygen atoms in total. The van der Waals surface area contributed by atoms with E-state index in [-0.39, 0.29) is 5.97 Å². The van der Waals surface area contributed by atoms with Crippen LogP contribution in [0.4, 0.5) is 0 Å². The minimum absolute atomic E-state index is 0.313. The zero-order chi connectivity index (χ0) is 21.2. The zero-order valence-corrected chi connectivity index (χ0v) is 17.1. The molecular weight excluding hydrogens is 368 g/mol. The van der Waals surface area contributed by atoms with Crippen LogP contribution in [0, 0.1) is 0 Å². The summed E-state index contributed by atoms with van der Waals surface area (Å²) < 4.78 is 15.5. The van der Waals surface area contributed by atoms with Gasteiger partial charge >= 0.3 is 5.97 Å². The number of aryl methyl sites for hydroxylation is 1. The predicted molar refractivity (Wildman–Crippen MR) is 114 cm³/mol. The van der Waals surface area contributed by atoms with Gasteiger partial charge in [0.2, 0.25) is 0 Å². The van der Waals surface area contributed by atoms with Gasteiger partial charge in [-0.3, -0.25) is 4.79 Å². The normalized spacial score (nSPS) is 10.9. The molecule has 0 aliphatic heterocycles. The minimum Gasteiger partial charge on any atom is -0.497 e. The number of hydrogen-bond acceptors (Lipinski definition) is 5. The molecular formula is C24H26O5. The first-order valence-electron chi connectivity index (χ1n) is 9.33. The number of rotatable bonds is 10. The van der Waals surface area contributed by atoms with Gasteiger partial charge in [0.25, 0.3) is 6.47 Å². The standard InChI is InChI=1S/C24H26O5/c1-17(2)24(26)28-13-5-6-19-7-8-21(23(15-19)29-16-25)14-18(3)20-9-11-22(27-4)12-10-20/h7-12,14-16H,1,5-6,13H2,2-4H3/b18-14+. The molecule has 0 heterocycles. The van der Waals surface area contributed by atoms with Gasteiger partial charge in [-0.25, -0.2) is 4.79 Å². The third kappa shape index (κ3) is 6.64.